The molecule has 1 aromatic rings. The maximum Gasteiger partial charge on any atom is 0.430 e. The molecule has 0 bridgehead atoms. The Morgan fingerprint density at radius 1 is 1.50 bits per heavy atom. The zero-order valence-electron chi connectivity index (χ0n) is 9.58. The van der Waals surface area contributed by atoms with Gasteiger partial charge in [0.05, 0.1) is 33.0 Å². The first kappa shape index (κ1) is 13.1. The first-order valence-electron chi connectivity index (χ1n) is 5.32. The molecular weight excluding hydrogens is 259 g/mol. The van der Waals surface area contributed by atoms with E-state index in [0.29, 0.717) is 5.56 Å². The van der Waals surface area contributed by atoms with Crippen LogP contribution in [0.2, 0.25) is 6.32 Å². The Morgan fingerprint density at radius 2 is 2.17 bits per heavy atom. The second-order valence-corrected chi connectivity index (χ2v) is 5.53. The molecular formula is C10H11BO6S-2. The summed E-state index contributed by atoms with van der Waals surface area (Å²) in [7, 11) is -1.54. The van der Waals surface area contributed by atoms with Crippen LogP contribution in [0.1, 0.15) is 15.9 Å². The maximum absolute atomic E-state index is 11.5. The van der Waals surface area contributed by atoms with Gasteiger partial charge in [0.1, 0.15) is 0 Å². The van der Waals surface area contributed by atoms with E-state index >= 15 is 0 Å². The number of hydrogen-bond donors (Lipinski definition) is 2. The van der Waals surface area contributed by atoms with Crippen LogP contribution in [-0.4, -0.2) is 33.2 Å². The maximum atomic E-state index is 11.5. The van der Waals surface area contributed by atoms with Gasteiger partial charge in [0.15, 0.2) is 0 Å². The molecule has 2 rings (SSSR count). The van der Waals surface area contributed by atoms with Crippen LogP contribution in [0.4, 0.5) is 0 Å². The van der Waals surface area contributed by atoms with Crippen LogP contribution in [-0.2, 0) is 17.2 Å². The lowest BCUT2D eigenvalue weighted by atomic mass is 9.70. The number of carbonyl (C=O) groups is 1. The van der Waals surface area contributed by atoms with Crippen LogP contribution in [0.15, 0.2) is 17.0 Å². The summed E-state index contributed by atoms with van der Waals surface area (Å²) in [6.45, 7) is -3.07. The fraction of sp³-hybridized carbons (Fsp3) is 0.300. The fourth-order valence-corrected chi connectivity index (χ4v) is 2.69. The van der Waals surface area contributed by atoms with E-state index < -0.39 is 23.5 Å². The SMILES string of the molecule is CS(=O)c1ccc2c(c1C(=O)[O-])O[B-](O)(O)CC2. The highest BCUT2D eigenvalue weighted by atomic mass is 32.2. The molecule has 1 aliphatic rings. The van der Waals surface area contributed by atoms with E-state index in [2.05, 4.69) is 0 Å². The van der Waals surface area contributed by atoms with Crippen LogP contribution >= 0.6 is 0 Å². The third-order valence-corrected chi connectivity index (χ3v) is 3.77. The number of fused-ring (bicyclic) bond motifs is 1. The fourth-order valence-electron chi connectivity index (χ4n) is 1.96. The monoisotopic (exact) mass is 270 g/mol. The topological polar surface area (TPSA) is 107 Å². The third-order valence-electron chi connectivity index (χ3n) is 2.81. The summed E-state index contributed by atoms with van der Waals surface area (Å²) in [5.74, 6) is -1.70. The lowest BCUT2D eigenvalue weighted by molar-refractivity contribution is -0.255. The van der Waals surface area contributed by atoms with Gasteiger partial charge in [0.25, 0.3) is 0 Å². The standard InChI is InChI=1S/C10H12BO6S/c1-18(16)7-3-2-6-4-5-11(14,15)17-9(6)8(7)10(12)13/h2-3,14-15H,4-5H2,1H3,(H,12,13)/q-1/p-1. The van der Waals surface area contributed by atoms with Gasteiger partial charge in [-0.15, -0.1) is 0 Å². The largest absolute Gasteiger partial charge is 0.669 e. The molecule has 0 aromatic heterocycles. The summed E-state index contributed by atoms with van der Waals surface area (Å²) in [4.78, 5) is 11.2. The smallest absolute Gasteiger partial charge is 0.430 e. The number of rotatable bonds is 2. The predicted octanol–water partition coefficient (Wildman–Crippen LogP) is -1.35. The predicted molar refractivity (Wildman–Crippen MR) is 62.4 cm³/mol. The van der Waals surface area contributed by atoms with Crippen molar-refractivity contribution >= 4 is 23.5 Å². The van der Waals surface area contributed by atoms with E-state index in [4.69, 9.17) is 4.65 Å². The zero-order chi connectivity index (χ0) is 13.5. The number of aryl methyl sites for hydroxylation is 1. The minimum atomic E-state index is -3.07. The van der Waals surface area contributed by atoms with Crippen molar-refractivity contribution in [1.82, 2.24) is 0 Å². The second kappa shape index (κ2) is 4.38. The molecule has 1 atom stereocenters. The van der Waals surface area contributed by atoms with Crippen LogP contribution < -0.4 is 9.76 Å². The first-order chi connectivity index (χ1) is 8.32. The molecule has 0 radical (unpaired) electrons. The minimum absolute atomic E-state index is 0.00590. The highest BCUT2D eigenvalue weighted by Crippen LogP contribution is 2.35. The summed E-state index contributed by atoms with van der Waals surface area (Å²) in [6, 6.07) is 3.00. The number of carbonyl (C=O) groups excluding carboxylic acids is 1. The second-order valence-electron chi connectivity index (χ2n) is 4.18. The van der Waals surface area contributed by atoms with Gasteiger partial charge in [-0.3, -0.25) is 4.21 Å². The summed E-state index contributed by atoms with van der Waals surface area (Å²) in [5.41, 5.74) is 0.159. The Bertz CT molecular complexity index is 541. The molecule has 98 valence electrons. The Balaban J connectivity index is 2.66. The highest BCUT2D eigenvalue weighted by Gasteiger charge is 2.31. The molecule has 8 heteroatoms. The Labute approximate surface area is 106 Å². The molecule has 1 aromatic carbocycles. The Kier molecular flexibility index (Phi) is 3.18. The average molecular weight is 270 g/mol. The first-order valence-corrected chi connectivity index (χ1v) is 6.87. The van der Waals surface area contributed by atoms with Crippen molar-refractivity contribution in [2.75, 3.05) is 6.26 Å². The summed E-state index contributed by atoms with van der Waals surface area (Å²) in [6.07, 6.45) is 1.60. The van der Waals surface area contributed by atoms with Gasteiger partial charge in [0.2, 0.25) is 0 Å². The quantitative estimate of drug-likeness (QED) is 0.643. The molecule has 0 fully saturated rings. The van der Waals surface area contributed by atoms with Crippen molar-refractivity contribution < 1.29 is 28.8 Å². The molecule has 18 heavy (non-hydrogen) atoms. The van der Waals surface area contributed by atoms with E-state index in [0.717, 1.165) is 0 Å². The summed E-state index contributed by atoms with van der Waals surface area (Å²) >= 11 is 0. The van der Waals surface area contributed by atoms with Gasteiger partial charge in [-0.05, 0) is 18.1 Å². The highest BCUT2D eigenvalue weighted by molar-refractivity contribution is 7.84. The number of carboxylic acids is 1. The van der Waals surface area contributed by atoms with Crippen molar-refractivity contribution in [2.24, 2.45) is 0 Å². The van der Waals surface area contributed by atoms with E-state index in [-0.39, 0.29) is 28.9 Å². The van der Waals surface area contributed by atoms with Crippen molar-refractivity contribution in [3.05, 3.63) is 23.3 Å². The lowest BCUT2D eigenvalue weighted by Crippen LogP contribution is -2.46. The van der Waals surface area contributed by atoms with Gasteiger partial charge in [0, 0.05) is 6.26 Å². The van der Waals surface area contributed by atoms with Gasteiger partial charge >= 0.3 is 6.75 Å². The molecule has 1 heterocycles. The summed E-state index contributed by atoms with van der Waals surface area (Å²) < 4.78 is 16.4. The van der Waals surface area contributed by atoms with Crippen molar-refractivity contribution in [1.29, 1.82) is 0 Å². The molecule has 0 amide bonds. The molecule has 0 saturated heterocycles. The molecule has 0 aliphatic carbocycles. The van der Waals surface area contributed by atoms with Crippen molar-refractivity contribution in [3.8, 4) is 5.75 Å². The average Bonchev–Trinajstić information content (AvgIpc) is 2.25. The van der Waals surface area contributed by atoms with Gasteiger partial charge in [-0.2, -0.15) is 0 Å². The van der Waals surface area contributed by atoms with Crippen LogP contribution in [0.3, 0.4) is 0 Å². The zero-order valence-corrected chi connectivity index (χ0v) is 10.4. The minimum Gasteiger partial charge on any atom is -0.669 e. The van der Waals surface area contributed by atoms with Crippen LogP contribution in [0.25, 0.3) is 0 Å². The third kappa shape index (κ3) is 2.26. The Morgan fingerprint density at radius 3 is 2.72 bits per heavy atom. The number of carboxylic acid groups (broad SMARTS) is 1. The molecule has 2 N–H and O–H groups in total. The lowest BCUT2D eigenvalue weighted by Gasteiger charge is -2.38. The molecule has 0 saturated carbocycles. The molecule has 1 aliphatic heterocycles. The number of benzene rings is 1. The summed E-state index contributed by atoms with van der Waals surface area (Å²) in [5, 5.41) is 30.1. The van der Waals surface area contributed by atoms with E-state index in [1.54, 1.807) is 6.07 Å². The number of aromatic carboxylic acids is 1. The molecule has 6 nitrogen and oxygen atoms in total. The Hall–Kier alpha value is -1.38. The van der Waals surface area contributed by atoms with Crippen molar-refractivity contribution in [3.63, 3.8) is 0 Å². The molecule has 0 spiro atoms. The van der Waals surface area contributed by atoms with Crippen molar-refractivity contribution in [2.45, 2.75) is 17.6 Å². The number of hydrogen-bond acceptors (Lipinski definition) is 6. The van der Waals surface area contributed by atoms with Crippen LogP contribution in [0, 0.1) is 0 Å². The normalized spacial score (nSPS) is 18.6. The van der Waals surface area contributed by atoms with Crippen LogP contribution in [0.5, 0.6) is 5.75 Å². The van der Waals surface area contributed by atoms with Gasteiger partial charge in [-0.25, -0.2) is 0 Å². The van der Waals surface area contributed by atoms with Gasteiger partial charge < -0.3 is 24.6 Å². The van der Waals surface area contributed by atoms with E-state index in [9.17, 15) is 24.2 Å². The van der Waals surface area contributed by atoms with E-state index in [1.165, 1.54) is 12.3 Å². The van der Waals surface area contributed by atoms with E-state index in [1.807, 2.05) is 0 Å². The van der Waals surface area contributed by atoms with Gasteiger partial charge in [-0.1, -0.05) is 12.4 Å². The molecule has 1 unspecified atom stereocenters.